The first-order valence-electron chi connectivity index (χ1n) is 10.2. The van der Waals surface area contributed by atoms with E-state index >= 15 is 0 Å². The zero-order valence-electron chi connectivity index (χ0n) is 17.5. The molecule has 0 atom stereocenters. The van der Waals surface area contributed by atoms with Gasteiger partial charge >= 0.3 is 0 Å². The van der Waals surface area contributed by atoms with E-state index in [2.05, 4.69) is 36.8 Å². The molecule has 9 heteroatoms. The topological polar surface area (TPSA) is 82.5 Å². The molecule has 0 aliphatic heterocycles. The third-order valence-corrected chi connectivity index (χ3v) is 5.82. The van der Waals surface area contributed by atoms with E-state index in [-0.39, 0.29) is 5.82 Å². The number of benzene rings is 1. The van der Waals surface area contributed by atoms with Gasteiger partial charge in [-0.3, -0.25) is 4.98 Å². The predicted molar refractivity (Wildman–Crippen MR) is 117 cm³/mol. The largest absolute Gasteiger partial charge is 0.339 e. The van der Waals surface area contributed by atoms with E-state index < -0.39 is 0 Å². The molecule has 0 amide bonds. The molecule has 7 nitrogen and oxygen atoms in total. The summed E-state index contributed by atoms with van der Waals surface area (Å²) in [5.41, 5.74) is 2.21. The van der Waals surface area contributed by atoms with Crippen LogP contribution in [0.4, 0.5) is 4.39 Å². The lowest BCUT2D eigenvalue weighted by atomic mass is 10.1. The Morgan fingerprint density at radius 1 is 1.10 bits per heavy atom. The van der Waals surface area contributed by atoms with Crippen molar-refractivity contribution in [3.63, 3.8) is 0 Å². The third kappa shape index (κ3) is 4.99. The van der Waals surface area contributed by atoms with Gasteiger partial charge in [0.15, 0.2) is 11.0 Å². The summed E-state index contributed by atoms with van der Waals surface area (Å²) in [4.78, 5) is 8.46. The molecule has 3 heterocycles. The number of hydrogen-bond donors (Lipinski definition) is 0. The number of hydrogen-bond acceptors (Lipinski definition) is 7. The number of thioether (sulfide) groups is 1. The van der Waals surface area contributed by atoms with Gasteiger partial charge in [0, 0.05) is 42.2 Å². The molecule has 0 aliphatic rings. The molecule has 1 aromatic carbocycles. The van der Waals surface area contributed by atoms with Crippen molar-refractivity contribution in [2.24, 2.45) is 0 Å². The highest BCUT2D eigenvalue weighted by molar-refractivity contribution is 7.99. The lowest BCUT2D eigenvalue weighted by Crippen LogP contribution is -2.02. The van der Waals surface area contributed by atoms with E-state index in [9.17, 15) is 4.39 Å². The molecule has 0 bridgehead atoms. The van der Waals surface area contributed by atoms with E-state index in [0.29, 0.717) is 29.3 Å². The number of nitrogens with zero attached hydrogens (tertiary/aromatic N) is 6. The van der Waals surface area contributed by atoms with Gasteiger partial charge in [-0.1, -0.05) is 36.0 Å². The zero-order valence-corrected chi connectivity index (χ0v) is 18.3. The van der Waals surface area contributed by atoms with Gasteiger partial charge in [-0.25, -0.2) is 4.39 Å². The molecule has 4 aromatic rings. The van der Waals surface area contributed by atoms with Crippen LogP contribution in [0.1, 0.15) is 31.2 Å². The number of pyridine rings is 1. The number of rotatable bonds is 9. The molecule has 0 aliphatic carbocycles. The maximum absolute atomic E-state index is 13.8. The van der Waals surface area contributed by atoms with Gasteiger partial charge in [0.2, 0.25) is 11.7 Å². The summed E-state index contributed by atoms with van der Waals surface area (Å²) in [6, 6.07) is 8.82. The highest BCUT2D eigenvalue weighted by Crippen LogP contribution is 2.25. The Bertz CT molecular complexity index is 1140. The molecule has 3 aromatic heterocycles. The second-order valence-electron chi connectivity index (χ2n) is 7.12. The fourth-order valence-electron chi connectivity index (χ4n) is 3.13. The van der Waals surface area contributed by atoms with Crippen LogP contribution in [0.15, 0.2) is 52.4 Å². The second kappa shape index (κ2) is 9.82. The van der Waals surface area contributed by atoms with Crippen LogP contribution < -0.4 is 0 Å². The van der Waals surface area contributed by atoms with Gasteiger partial charge < -0.3 is 9.09 Å². The minimum absolute atomic E-state index is 0.275. The summed E-state index contributed by atoms with van der Waals surface area (Å²) in [5, 5.41) is 13.6. The fraction of sp³-hybridized carbons (Fsp3) is 0.318. The van der Waals surface area contributed by atoms with Crippen molar-refractivity contribution >= 4 is 11.8 Å². The Labute approximate surface area is 184 Å². The molecule has 0 spiro atoms. The average Bonchev–Trinajstić information content (AvgIpc) is 3.42. The third-order valence-electron chi connectivity index (χ3n) is 4.77. The molecule has 0 radical (unpaired) electrons. The van der Waals surface area contributed by atoms with Crippen molar-refractivity contribution < 1.29 is 8.91 Å². The van der Waals surface area contributed by atoms with Gasteiger partial charge in [-0.15, -0.1) is 10.2 Å². The molecular weight excluding hydrogens is 415 g/mol. The van der Waals surface area contributed by atoms with Crippen LogP contribution in [-0.2, 0) is 13.0 Å². The van der Waals surface area contributed by atoms with Gasteiger partial charge in [-0.05, 0) is 43.5 Å². The summed E-state index contributed by atoms with van der Waals surface area (Å²) in [5.74, 6) is 2.38. The van der Waals surface area contributed by atoms with E-state index in [1.165, 1.54) is 6.07 Å². The Morgan fingerprint density at radius 3 is 2.71 bits per heavy atom. The standard InChI is InChI=1S/C22H23FN6OS/c1-3-12-29-21(16-8-10-24-11-9-16)26-27-22(29)31-13-4-5-19-25-20(28-30-19)17-7-6-15(2)18(23)14-17/h6-11,14H,3-5,12-13H2,1-2H3. The Hall–Kier alpha value is -3.07. The lowest BCUT2D eigenvalue weighted by Gasteiger charge is -2.08. The SMILES string of the molecule is CCCn1c(SCCCc2nc(-c3ccc(C)c(F)c3)no2)nnc1-c1ccncc1. The van der Waals surface area contributed by atoms with Gasteiger partial charge in [-0.2, -0.15) is 4.98 Å². The molecule has 0 fully saturated rings. The maximum atomic E-state index is 13.8. The molecule has 0 unspecified atom stereocenters. The predicted octanol–water partition coefficient (Wildman–Crippen LogP) is 4.97. The lowest BCUT2D eigenvalue weighted by molar-refractivity contribution is 0.378. The van der Waals surface area contributed by atoms with Gasteiger partial charge in [0.1, 0.15) is 5.82 Å². The quantitative estimate of drug-likeness (QED) is 0.269. The highest BCUT2D eigenvalue weighted by Gasteiger charge is 2.14. The summed E-state index contributed by atoms with van der Waals surface area (Å²) in [7, 11) is 0. The van der Waals surface area contributed by atoms with Crippen molar-refractivity contribution in [2.45, 2.75) is 44.8 Å². The van der Waals surface area contributed by atoms with E-state index in [0.717, 1.165) is 41.7 Å². The maximum Gasteiger partial charge on any atom is 0.226 e. The van der Waals surface area contributed by atoms with Crippen molar-refractivity contribution in [1.29, 1.82) is 0 Å². The Morgan fingerprint density at radius 2 is 1.94 bits per heavy atom. The number of aromatic nitrogens is 6. The average molecular weight is 439 g/mol. The molecule has 0 saturated carbocycles. The number of halogens is 1. The van der Waals surface area contributed by atoms with E-state index in [1.807, 2.05) is 12.1 Å². The molecule has 0 N–H and O–H groups in total. The molecule has 4 rings (SSSR count). The zero-order chi connectivity index (χ0) is 21.6. The summed E-state index contributed by atoms with van der Waals surface area (Å²) < 4.78 is 21.3. The van der Waals surface area contributed by atoms with Crippen molar-refractivity contribution in [3.8, 4) is 22.8 Å². The first-order valence-corrected chi connectivity index (χ1v) is 11.2. The summed E-state index contributed by atoms with van der Waals surface area (Å²) >= 11 is 1.66. The minimum atomic E-state index is -0.275. The highest BCUT2D eigenvalue weighted by atomic mass is 32.2. The van der Waals surface area contributed by atoms with E-state index in [4.69, 9.17) is 4.52 Å². The Balaban J connectivity index is 1.36. The van der Waals surface area contributed by atoms with Crippen LogP contribution in [0.3, 0.4) is 0 Å². The Kier molecular flexibility index (Phi) is 6.71. The molecular formula is C22H23FN6OS. The van der Waals surface area contributed by atoms with Crippen molar-refractivity contribution in [1.82, 2.24) is 29.9 Å². The minimum Gasteiger partial charge on any atom is -0.339 e. The molecule has 31 heavy (non-hydrogen) atoms. The first kappa shape index (κ1) is 21.2. The van der Waals surface area contributed by atoms with Crippen molar-refractivity contribution in [2.75, 3.05) is 5.75 Å². The van der Waals surface area contributed by atoms with Crippen LogP contribution in [-0.4, -0.2) is 35.6 Å². The fourth-order valence-corrected chi connectivity index (χ4v) is 4.03. The van der Waals surface area contributed by atoms with Crippen LogP contribution in [0.5, 0.6) is 0 Å². The summed E-state index contributed by atoms with van der Waals surface area (Å²) in [6.07, 6.45) is 6.01. The van der Waals surface area contributed by atoms with Gasteiger partial charge in [0.25, 0.3) is 0 Å². The monoisotopic (exact) mass is 438 g/mol. The van der Waals surface area contributed by atoms with Gasteiger partial charge in [0.05, 0.1) is 0 Å². The van der Waals surface area contributed by atoms with Crippen LogP contribution >= 0.6 is 11.8 Å². The second-order valence-corrected chi connectivity index (χ2v) is 8.18. The smallest absolute Gasteiger partial charge is 0.226 e. The van der Waals surface area contributed by atoms with Crippen LogP contribution in [0.2, 0.25) is 0 Å². The molecule has 0 saturated heterocycles. The van der Waals surface area contributed by atoms with Crippen LogP contribution in [0.25, 0.3) is 22.8 Å². The first-order chi connectivity index (χ1) is 15.2. The molecule has 160 valence electrons. The van der Waals surface area contributed by atoms with E-state index in [1.54, 1.807) is 43.2 Å². The number of aryl methyl sites for hydroxylation is 2. The normalized spacial score (nSPS) is 11.2. The summed E-state index contributed by atoms with van der Waals surface area (Å²) in [6.45, 7) is 4.71. The van der Waals surface area contributed by atoms with Crippen LogP contribution in [0, 0.1) is 12.7 Å². The van der Waals surface area contributed by atoms with Crippen molar-refractivity contribution in [3.05, 3.63) is 60.0 Å².